The van der Waals surface area contributed by atoms with Gasteiger partial charge in [-0.3, -0.25) is 9.80 Å². The fourth-order valence-corrected chi connectivity index (χ4v) is 3.84. The molecule has 0 unspecified atom stereocenters. The molecule has 6 nitrogen and oxygen atoms in total. The molecule has 1 aromatic rings. The topological polar surface area (TPSA) is 56.0 Å². The first-order chi connectivity index (χ1) is 10.8. The summed E-state index contributed by atoms with van der Waals surface area (Å²) in [7, 11) is 2.21. The van der Waals surface area contributed by atoms with Gasteiger partial charge in [-0.25, -0.2) is 0 Å². The molecule has 0 spiro atoms. The lowest BCUT2D eigenvalue weighted by atomic mass is 9.98. The molecule has 3 rings (SSSR count). The van der Waals surface area contributed by atoms with Crippen LogP contribution in [0.15, 0.2) is 16.9 Å². The van der Waals surface area contributed by atoms with Gasteiger partial charge in [-0.05, 0) is 39.4 Å². The number of likely N-dealkylation sites (tertiary alicyclic amines) is 1. The minimum Gasteiger partial charge on any atom is -0.396 e. The summed E-state index contributed by atoms with van der Waals surface area (Å²) in [6, 6.07) is 3.07. The SMILES string of the molecule is CN1CCC(N2CCN(Cc3ccon3)C[C@H]2CCO)CC1. The number of piperidine rings is 1. The van der Waals surface area contributed by atoms with Crippen molar-refractivity contribution in [3.8, 4) is 0 Å². The van der Waals surface area contributed by atoms with Crippen molar-refractivity contribution in [2.45, 2.75) is 37.9 Å². The van der Waals surface area contributed by atoms with Crippen molar-refractivity contribution in [1.82, 2.24) is 19.9 Å². The van der Waals surface area contributed by atoms with E-state index < -0.39 is 0 Å². The van der Waals surface area contributed by atoms with Gasteiger partial charge in [0.05, 0.1) is 5.69 Å². The number of hydrogen-bond donors (Lipinski definition) is 1. The first-order valence-electron chi connectivity index (χ1n) is 8.43. The number of piperazine rings is 1. The van der Waals surface area contributed by atoms with Crippen LogP contribution in [0.2, 0.25) is 0 Å². The van der Waals surface area contributed by atoms with Crippen LogP contribution in [-0.4, -0.2) is 83.4 Å². The van der Waals surface area contributed by atoms with Crippen LogP contribution in [-0.2, 0) is 6.54 Å². The van der Waals surface area contributed by atoms with Crippen LogP contribution in [0.3, 0.4) is 0 Å². The van der Waals surface area contributed by atoms with Crippen molar-refractivity contribution in [2.75, 3.05) is 46.4 Å². The molecule has 124 valence electrons. The summed E-state index contributed by atoms with van der Waals surface area (Å²) in [4.78, 5) is 7.50. The van der Waals surface area contributed by atoms with E-state index >= 15 is 0 Å². The minimum atomic E-state index is 0.269. The van der Waals surface area contributed by atoms with Gasteiger partial charge in [-0.2, -0.15) is 0 Å². The summed E-state index contributed by atoms with van der Waals surface area (Å²) in [5.41, 5.74) is 0.996. The minimum absolute atomic E-state index is 0.269. The highest BCUT2D eigenvalue weighted by molar-refractivity contribution is 4.97. The Hall–Kier alpha value is -0.950. The normalized spacial score (nSPS) is 26.5. The second kappa shape index (κ2) is 7.55. The molecule has 1 aromatic heterocycles. The van der Waals surface area contributed by atoms with Crippen molar-refractivity contribution in [3.05, 3.63) is 18.0 Å². The number of nitrogens with zero attached hydrogens (tertiary/aromatic N) is 4. The van der Waals surface area contributed by atoms with E-state index in [1.807, 2.05) is 6.07 Å². The van der Waals surface area contributed by atoms with Crippen molar-refractivity contribution in [2.24, 2.45) is 0 Å². The third kappa shape index (κ3) is 3.87. The average Bonchev–Trinajstić information content (AvgIpc) is 3.02. The second-order valence-corrected chi connectivity index (χ2v) is 6.66. The van der Waals surface area contributed by atoms with E-state index in [0.29, 0.717) is 12.1 Å². The van der Waals surface area contributed by atoms with Gasteiger partial charge in [0.2, 0.25) is 0 Å². The molecule has 0 aliphatic carbocycles. The Balaban J connectivity index is 1.58. The van der Waals surface area contributed by atoms with Gasteiger partial charge in [-0.1, -0.05) is 5.16 Å². The first kappa shape index (κ1) is 15.9. The summed E-state index contributed by atoms with van der Waals surface area (Å²) in [5, 5.41) is 13.5. The zero-order valence-electron chi connectivity index (χ0n) is 13.5. The van der Waals surface area contributed by atoms with E-state index in [-0.39, 0.29) is 6.61 Å². The van der Waals surface area contributed by atoms with Gasteiger partial charge < -0.3 is 14.5 Å². The molecule has 0 saturated carbocycles. The Bertz CT molecular complexity index is 431. The van der Waals surface area contributed by atoms with Crippen LogP contribution in [0.4, 0.5) is 0 Å². The van der Waals surface area contributed by atoms with Crippen LogP contribution in [0.1, 0.15) is 25.0 Å². The van der Waals surface area contributed by atoms with Crippen molar-refractivity contribution >= 4 is 0 Å². The maximum Gasteiger partial charge on any atom is 0.124 e. The number of aliphatic hydroxyl groups is 1. The fourth-order valence-electron chi connectivity index (χ4n) is 3.84. The molecule has 0 amide bonds. The lowest BCUT2D eigenvalue weighted by Crippen LogP contribution is -2.58. The third-order valence-corrected chi connectivity index (χ3v) is 5.11. The molecule has 22 heavy (non-hydrogen) atoms. The summed E-state index contributed by atoms with van der Waals surface area (Å²) < 4.78 is 4.92. The molecule has 2 fully saturated rings. The summed E-state index contributed by atoms with van der Waals surface area (Å²) in [6.07, 6.45) is 5.00. The second-order valence-electron chi connectivity index (χ2n) is 6.66. The molecule has 6 heteroatoms. The molecular formula is C16H28N4O2. The van der Waals surface area contributed by atoms with Crippen LogP contribution in [0, 0.1) is 0 Å². The van der Waals surface area contributed by atoms with Gasteiger partial charge in [0.25, 0.3) is 0 Å². The number of aromatic nitrogens is 1. The van der Waals surface area contributed by atoms with E-state index in [9.17, 15) is 5.11 Å². The monoisotopic (exact) mass is 308 g/mol. The highest BCUT2D eigenvalue weighted by Gasteiger charge is 2.33. The van der Waals surface area contributed by atoms with E-state index in [4.69, 9.17) is 4.52 Å². The Morgan fingerprint density at radius 2 is 2.09 bits per heavy atom. The highest BCUT2D eigenvalue weighted by Crippen LogP contribution is 2.23. The maximum atomic E-state index is 9.44. The lowest BCUT2D eigenvalue weighted by Gasteiger charge is -2.47. The Kier molecular flexibility index (Phi) is 5.46. The van der Waals surface area contributed by atoms with Crippen LogP contribution >= 0.6 is 0 Å². The quantitative estimate of drug-likeness (QED) is 0.861. The van der Waals surface area contributed by atoms with E-state index in [2.05, 4.69) is 26.9 Å². The largest absolute Gasteiger partial charge is 0.396 e. The molecule has 1 atom stereocenters. The number of hydrogen-bond acceptors (Lipinski definition) is 6. The van der Waals surface area contributed by atoms with Gasteiger partial charge in [0.1, 0.15) is 6.26 Å². The molecular weight excluding hydrogens is 280 g/mol. The van der Waals surface area contributed by atoms with Crippen LogP contribution < -0.4 is 0 Å². The predicted molar refractivity (Wildman–Crippen MR) is 84.5 cm³/mol. The lowest BCUT2D eigenvalue weighted by molar-refractivity contribution is 0.00541. The molecule has 2 saturated heterocycles. The van der Waals surface area contributed by atoms with Crippen molar-refractivity contribution in [1.29, 1.82) is 0 Å². The first-order valence-corrected chi connectivity index (χ1v) is 8.43. The summed E-state index contributed by atoms with van der Waals surface area (Å²) in [6.45, 7) is 6.67. The van der Waals surface area contributed by atoms with Crippen molar-refractivity contribution in [3.63, 3.8) is 0 Å². The van der Waals surface area contributed by atoms with Crippen LogP contribution in [0.25, 0.3) is 0 Å². The molecule has 0 bridgehead atoms. The van der Waals surface area contributed by atoms with Gasteiger partial charge >= 0.3 is 0 Å². The maximum absolute atomic E-state index is 9.44. The van der Waals surface area contributed by atoms with Gasteiger partial charge in [0.15, 0.2) is 0 Å². The Morgan fingerprint density at radius 3 is 2.77 bits per heavy atom. The van der Waals surface area contributed by atoms with E-state index in [1.165, 1.54) is 25.9 Å². The average molecular weight is 308 g/mol. The smallest absolute Gasteiger partial charge is 0.124 e. The highest BCUT2D eigenvalue weighted by atomic mass is 16.5. The number of aliphatic hydroxyl groups excluding tert-OH is 1. The van der Waals surface area contributed by atoms with Gasteiger partial charge in [-0.15, -0.1) is 0 Å². The molecule has 2 aliphatic heterocycles. The molecule has 0 radical (unpaired) electrons. The number of rotatable bonds is 5. The van der Waals surface area contributed by atoms with Crippen molar-refractivity contribution < 1.29 is 9.63 Å². The third-order valence-electron chi connectivity index (χ3n) is 5.11. The molecule has 1 N–H and O–H groups in total. The van der Waals surface area contributed by atoms with Gasteiger partial charge in [0, 0.05) is 50.9 Å². The fraction of sp³-hybridized carbons (Fsp3) is 0.812. The summed E-state index contributed by atoms with van der Waals surface area (Å²) in [5.74, 6) is 0. The zero-order valence-corrected chi connectivity index (χ0v) is 13.5. The molecule has 3 heterocycles. The van der Waals surface area contributed by atoms with Crippen LogP contribution in [0.5, 0.6) is 0 Å². The zero-order chi connectivity index (χ0) is 15.4. The standard InChI is InChI=1S/C16H28N4O2/c1-18-6-2-15(3-7-18)20-9-8-19(13-16(20)4-10-21)12-14-5-11-22-17-14/h5,11,15-16,21H,2-4,6-10,12-13H2,1H3/t16-/m1/s1. The Morgan fingerprint density at radius 1 is 1.27 bits per heavy atom. The Labute approximate surface area is 132 Å². The van der Waals surface area contributed by atoms with E-state index in [1.54, 1.807) is 6.26 Å². The predicted octanol–water partition coefficient (Wildman–Crippen LogP) is 0.637. The molecule has 2 aliphatic rings. The molecule has 0 aromatic carbocycles. The van der Waals surface area contributed by atoms with E-state index in [0.717, 1.165) is 38.3 Å². The summed E-state index contributed by atoms with van der Waals surface area (Å²) >= 11 is 0.